The van der Waals surface area contributed by atoms with Crippen molar-refractivity contribution < 1.29 is 4.79 Å². The Morgan fingerprint density at radius 2 is 1.88 bits per heavy atom. The van der Waals surface area contributed by atoms with Crippen molar-refractivity contribution in [1.29, 1.82) is 0 Å². The predicted molar refractivity (Wildman–Crippen MR) is 108 cm³/mol. The summed E-state index contributed by atoms with van der Waals surface area (Å²) in [6, 6.07) is 10.3. The van der Waals surface area contributed by atoms with E-state index in [9.17, 15) is 4.79 Å². The van der Waals surface area contributed by atoms with E-state index in [1.807, 2.05) is 30.3 Å². The van der Waals surface area contributed by atoms with Crippen LogP contribution >= 0.6 is 0 Å². The number of aliphatic imine (C=N–C) groups is 1. The molecular weight excluding hydrogens is 326 g/mol. The Kier molecular flexibility index (Phi) is 8.41. The van der Waals surface area contributed by atoms with Crippen LogP contribution in [0.25, 0.3) is 0 Å². The highest BCUT2D eigenvalue weighted by atomic mass is 16.1. The van der Waals surface area contributed by atoms with Gasteiger partial charge in [0.1, 0.15) is 0 Å². The van der Waals surface area contributed by atoms with Gasteiger partial charge in [-0.15, -0.1) is 0 Å². The first-order valence-corrected chi connectivity index (χ1v) is 9.72. The molecule has 0 unspecified atom stereocenters. The van der Waals surface area contributed by atoms with Gasteiger partial charge in [-0.25, -0.2) is 0 Å². The van der Waals surface area contributed by atoms with Gasteiger partial charge in [0.2, 0.25) is 0 Å². The van der Waals surface area contributed by atoms with E-state index in [4.69, 9.17) is 0 Å². The van der Waals surface area contributed by atoms with Crippen molar-refractivity contribution in [1.82, 2.24) is 20.9 Å². The Labute approximate surface area is 157 Å². The summed E-state index contributed by atoms with van der Waals surface area (Å²) in [5.74, 6) is 0.782. The molecule has 0 aliphatic carbocycles. The van der Waals surface area contributed by atoms with Gasteiger partial charge in [-0.1, -0.05) is 18.2 Å². The van der Waals surface area contributed by atoms with Crippen molar-refractivity contribution in [3.8, 4) is 0 Å². The van der Waals surface area contributed by atoms with Gasteiger partial charge in [0.15, 0.2) is 5.96 Å². The van der Waals surface area contributed by atoms with E-state index in [0.717, 1.165) is 38.4 Å². The van der Waals surface area contributed by atoms with Crippen LogP contribution in [0.4, 0.5) is 0 Å². The van der Waals surface area contributed by atoms with E-state index in [1.54, 1.807) is 0 Å². The first-order chi connectivity index (χ1) is 12.6. The maximum absolute atomic E-state index is 12.0. The van der Waals surface area contributed by atoms with Crippen LogP contribution in [0.3, 0.4) is 0 Å². The fourth-order valence-corrected chi connectivity index (χ4v) is 3.10. The zero-order chi connectivity index (χ0) is 18.8. The number of likely N-dealkylation sites (tertiary alicyclic amines) is 1. The third-order valence-corrected chi connectivity index (χ3v) is 4.65. The second kappa shape index (κ2) is 10.8. The molecule has 1 amide bonds. The van der Waals surface area contributed by atoms with E-state index >= 15 is 0 Å². The number of piperidine rings is 1. The highest BCUT2D eigenvalue weighted by molar-refractivity contribution is 5.94. The van der Waals surface area contributed by atoms with E-state index in [-0.39, 0.29) is 5.91 Å². The maximum Gasteiger partial charge on any atom is 0.251 e. The summed E-state index contributed by atoms with van der Waals surface area (Å²) in [5, 5.41) is 9.74. The maximum atomic E-state index is 12.0. The lowest BCUT2D eigenvalue weighted by Gasteiger charge is -2.35. The summed E-state index contributed by atoms with van der Waals surface area (Å²) in [7, 11) is 0. The van der Waals surface area contributed by atoms with Crippen molar-refractivity contribution >= 4 is 11.9 Å². The van der Waals surface area contributed by atoms with Gasteiger partial charge in [0.05, 0.1) is 6.54 Å². The molecule has 0 spiro atoms. The molecule has 1 aromatic rings. The van der Waals surface area contributed by atoms with E-state index in [1.165, 1.54) is 0 Å². The monoisotopic (exact) mass is 359 g/mol. The number of amides is 1. The van der Waals surface area contributed by atoms with Crippen LogP contribution in [-0.4, -0.2) is 61.6 Å². The standard InChI is InChI=1S/C20H33N5O/c1-4-21-20(24-18-10-14-25(15-11-18)16(2)3)23-13-12-22-19(26)17-8-6-5-7-9-17/h5-9,16,18H,4,10-15H2,1-3H3,(H,22,26)(H2,21,23,24). The van der Waals surface area contributed by atoms with Gasteiger partial charge >= 0.3 is 0 Å². The summed E-state index contributed by atoms with van der Waals surface area (Å²) in [4.78, 5) is 19.1. The SMILES string of the molecule is CCNC(=NCCNC(=O)c1ccccc1)NC1CCN(C(C)C)CC1. The highest BCUT2D eigenvalue weighted by Gasteiger charge is 2.21. The number of guanidine groups is 1. The topological polar surface area (TPSA) is 68.8 Å². The number of nitrogens with zero attached hydrogens (tertiary/aromatic N) is 2. The summed E-state index contributed by atoms with van der Waals surface area (Å²) in [6.45, 7) is 10.7. The van der Waals surface area contributed by atoms with Crippen molar-refractivity contribution in [2.75, 3.05) is 32.7 Å². The zero-order valence-electron chi connectivity index (χ0n) is 16.3. The van der Waals surface area contributed by atoms with Gasteiger partial charge in [0, 0.05) is 43.8 Å². The van der Waals surface area contributed by atoms with Crippen LogP contribution in [0.15, 0.2) is 35.3 Å². The number of nitrogens with one attached hydrogen (secondary N) is 3. The number of carbonyl (C=O) groups is 1. The smallest absolute Gasteiger partial charge is 0.251 e. The van der Waals surface area contributed by atoms with Crippen LogP contribution < -0.4 is 16.0 Å². The minimum Gasteiger partial charge on any atom is -0.357 e. The normalized spacial score (nSPS) is 16.5. The minimum absolute atomic E-state index is 0.0557. The molecule has 1 heterocycles. The number of benzene rings is 1. The van der Waals surface area contributed by atoms with Crippen molar-refractivity contribution in [3.05, 3.63) is 35.9 Å². The molecule has 2 rings (SSSR count). The molecule has 3 N–H and O–H groups in total. The summed E-state index contributed by atoms with van der Waals surface area (Å²) in [5.41, 5.74) is 0.679. The third-order valence-electron chi connectivity index (χ3n) is 4.65. The Bertz CT molecular complexity index is 565. The quantitative estimate of drug-likeness (QED) is 0.395. The molecule has 26 heavy (non-hydrogen) atoms. The first kappa shape index (κ1) is 20.2. The first-order valence-electron chi connectivity index (χ1n) is 9.72. The molecule has 0 bridgehead atoms. The molecule has 144 valence electrons. The number of rotatable bonds is 7. The van der Waals surface area contributed by atoms with Crippen LogP contribution in [0.1, 0.15) is 44.0 Å². The van der Waals surface area contributed by atoms with Gasteiger partial charge in [-0.3, -0.25) is 9.79 Å². The van der Waals surface area contributed by atoms with Crippen molar-refractivity contribution in [3.63, 3.8) is 0 Å². The third kappa shape index (κ3) is 6.67. The predicted octanol–water partition coefficient (Wildman–Crippen LogP) is 1.84. The molecule has 1 aliphatic rings. The minimum atomic E-state index is -0.0557. The average molecular weight is 360 g/mol. The number of hydrogen-bond donors (Lipinski definition) is 3. The Morgan fingerprint density at radius 1 is 1.19 bits per heavy atom. The summed E-state index contributed by atoms with van der Waals surface area (Å²) < 4.78 is 0. The Balaban J connectivity index is 1.75. The van der Waals surface area contributed by atoms with Crippen molar-refractivity contribution in [2.45, 2.75) is 45.7 Å². The second-order valence-corrected chi connectivity index (χ2v) is 6.93. The Hall–Kier alpha value is -2.08. The van der Waals surface area contributed by atoms with Gasteiger partial charge in [-0.05, 0) is 45.7 Å². The lowest BCUT2D eigenvalue weighted by Crippen LogP contribution is -2.50. The molecule has 6 heteroatoms. The second-order valence-electron chi connectivity index (χ2n) is 6.93. The van der Waals surface area contributed by atoms with Crippen LogP contribution in [0, 0.1) is 0 Å². The van der Waals surface area contributed by atoms with Crippen molar-refractivity contribution in [2.24, 2.45) is 4.99 Å². The molecule has 1 saturated heterocycles. The average Bonchev–Trinajstić information content (AvgIpc) is 2.66. The fourth-order valence-electron chi connectivity index (χ4n) is 3.10. The van der Waals surface area contributed by atoms with Gasteiger partial charge < -0.3 is 20.9 Å². The molecule has 0 atom stereocenters. The molecule has 6 nitrogen and oxygen atoms in total. The molecule has 0 saturated carbocycles. The molecule has 0 radical (unpaired) electrons. The molecule has 0 aromatic heterocycles. The highest BCUT2D eigenvalue weighted by Crippen LogP contribution is 2.12. The molecule has 1 fully saturated rings. The van der Waals surface area contributed by atoms with E-state index in [0.29, 0.717) is 30.7 Å². The summed E-state index contributed by atoms with van der Waals surface area (Å²) >= 11 is 0. The van der Waals surface area contributed by atoms with E-state index in [2.05, 4.69) is 46.6 Å². The largest absolute Gasteiger partial charge is 0.357 e. The lowest BCUT2D eigenvalue weighted by atomic mass is 10.0. The van der Waals surface area contributed by atoms with Crippen LogP contribution in [0.5, 0.6) is 0 Å². The van der Waals surface area contributed by atoms with E-state index < -0.39 is 0 Å². The molecule has 1 aromatic carbocycles. The molecule has 1 aliphatic heterocycles. The van der Waals surface area contributed by atoms with Gasteiger partial charge in [0.25, 0.3) is 5.91 Å². The number of carbonyl (C=O) groups excluding carboxylic acids is 1. The lowest BCUT2D eigenvalue weighted by molar-refractivity contribution is 0.0955. The summed E-state index contributed by atoms with van der Waals surface area (Å²) in [6.07, 6.45) is 2.26. The van der Waals surface area contributed by atoms with Crippen LogP contribution in [-0.2, 0) is 0 Å². The van der Waals surface area contributed by atoms with Gasteiger partial charge in [-0.2, -0.15) is 0 Å². The molecular formula is C20H33N5O. The Morgan fingerprint density at radius 3 is 2.50 bits per heavy atom. The fraction of sp³-hybridized carbons (Fsp3) is 0.600. The van der Waals surface area contributed by atoms with Crippen LogP contribution in [0.2, 0.25) is 0 Å². The number of hydrogen-bond acceptors (Lipinski definition) is 3. The zero-order valence-corrected chi connectivity index (χ0v) is 16.3.